The molecule has 9 nitrogen and oxygen atoms in total. The molecule has 2 heterocycles. The Bertz CT molecular complexity index is 1200. The molecule has 33 heavy (non-hydrogen) atoms. The molecular formula is C24H22N6O3. The molecule has 0 saturated heterocycles. The van der Waals surface area contributed by atoms with Gasteiger partial charge in [-0.05, 0) is 49.4 Å². The Balaban J connectivity index is 1.43. The van der Waals surface area contributed by atoms with E-state index in [4.69, 9.17) is 0 Å². The number of hydrogen-bond donors (Lipinski definition) is 3. The predicted molar refractivity (Wildman–Crippen MR) is 124 cm³/mol. The Morgan fingerprint density at radius 3 is 2.55 bits per heavy atom. The van der Waals surface area contributed by atoms with Gasteiger partial charge >= 0.3 is 0 Å². The molecule has 166 valence electrons. The average molecular weight is 442 g/mol. The first kappa shape index (κ1) is 21.7. The molecule has 1 unspecified atom stereocenters. The number of aliphatic imine (C=N–C) groups is 1. The second kappa shape index (κ2) is 9.73. The lowest BCUT2D eigenvalue weighted by molar-refractivity contribution is -0.120. The van der Waals surface area contributed by atoms with Crippen molar-refractivity contribution in [1.82, 2.24) is 15.7 Å². The standard InChI is InChI=1S/C24H22N6O3/c1-16-24(33)30(20-11-3-2-4-12-20)29-21(27-16)23(32)28-18-10-7-8-17(14-18)22(31)26-15-19-9-5-6-13-25-19/h2-14,16H,15H2,1H3,(H,26,31)(H,27,29)(H,28,32). The smallest absolute Gasteiger partial charge is 0.292 e. The number of anilines is 2. The largest absolute Gasteiger partial charge is 0.346 e. The minimum atomic E-state index is -0.726. The fourth-order valence-corrected chi connectivity index (χ4v) is 3.21. The van der Waals surface area contributed by atoms with Gasteiger partial charge in [0.05, 0.1) is 17.9 Å². The van der Waals surface area contributed by atoms with Crippen molar-refractivity contribution < 1.29 is 14.4 Å². The summed E-state index contributed by atoms with van der Waals surface area (Å²) in [6.07, 6.45) is 1.66. The zero-order chi connectivity index (χ0) is 23.2. The lowest BCUT2D eigenvalue weighted by Gasteiger charge is -2.30. The molecule has 0 aliphatic carbocycles. The second-order valence-corrected chi connectivity index (χ2v) is 7.31. The van der Waals surface area contributed by atoms with Gasteiger partial charge in [-0.1, -0.05) is 30.3 Å². The van der Waals surface area contributed by atoms with Crippen LogP contribution in [0.3, 0.4) is 0 Å². The van der Waals surface area contributed by atoms with Crippen LogP contribution < -0.4 is 21.1 Å². The van der Waals surface area contributed by atoms with Crippen molar-refractivity contribution in [3.05, 3.63) is 90.3 Å². The van der Waals surface area contributed by atoms with Gasteiger partial charge in [0.1, 0.15) is 6.04 Å². The number of aromatic nitrogens is 1. The average Bonchev–Trinajstić information content (AvgIpc) is 2.85. The predicted octanol–water partition coefficient (Wildman–Crippen LogP) is 2.29. The highest BCUT2D eigenvalue weighted by molar-refractivity contribution is 6.43. The SMILES string of the molecule is CC1N=C(C(=O)Nc2cccc(C(=O)NCc3ccccn3)c2)NN(c2ccccc2)C1=O. The Morgan fingerprint density at radius 1 is 1.00 bits per heavy atom. The van der Waals surface area contributed by atoms with Gasteiger partial charge in [0, 0.05) is 17.4 Å². The topological polar surface area (TPSA) is 116 Å². The Morgan fingerprint density at radius 2 is 1.79 bits per heavy atom. The number of hydrazine groups is 1. The first-order valence-electron chi connectivity index (χ1n) is 10.3. The Hall–Kier alpha value is -4.53. The molecule has 4 rings (SSSR count). The van der Waals surface area contributed by atoms with Crippen LogP contribution in [0.1, 0.15) is 23.0 Å². The molecule has 3 amide bonds. The highest BCUT2D eigenvalue weighted by Gasteiger charge is 2.30. The number of nitrogens with zero attached hydrogens (tertiary/aromatic N) is 3. The molecule has 0 saturated carbocycles. The Kier molecular flexibility index (Phi) is 6.40. The maximum Gasteiger partial charge on any atom is 0.292 e. The van der Waals surface area contributed by atoms with Gasteiger partial charge in [0.15, 0.2) is 0 Å². The van der Waals surface area contributed by atoms with Gasteiger partial charge in [-0.3, -0.25) is 24.8 Å². The van der Waals surface area contributed by atoms with Crippen molar-refractivity contribution in [2.24, 2.45) is 4.99 Å². The lowest BCUT2D eigenvalue weighted by Crippen LogP contribution is -2.57. The van der Waals surface area contributed by atoms with Crippen LogP contribution in [0.15, 0.2) is 84.0 Å². The van der Waals surface area contributed by atoms with Crippen LogP contribution >= 0.6 is 0 Å². The number of carbonyl (C=O) groups is 3. The van der Waals surface area contributed by atoms with Crippen LogP contribution in [0, 0.1) is 0 Å². The summed E-state index contributed by atoms with van der Waals surface area (Å²) in [4.78, 5) is 46.2. The fourth-order valence-electron chi connectivity index (χ4n) is 3.21. The van der Waals surface area contributed by atoms with E-state index in [1.165, 1.54) is 5.01 Å². The van der Waals surface area contributed by atoms with E-state index in [1.54, 1.807) is 67.7 Å². The van der Waals surface area contributed by atoms with E-state index in [0.717, 1.165) is 5.69 Å². The number of rotatable bonds is 6. The number of benzene rings is 2. The van der Waals surface area contributed by atoms with Crippen molar-refractivity contribution in [2.45, 2.75) is 19.5 Å². The van der Waals surface area contributed by atoms with Gasteiger partial charge in [0.25, 0.3) is 17.7 Å². The lowest BCUT2D eigenvalue weighted by atomic mass is 10.2. The number of pyridine rings is 1. The van der Waals surface area contributed by atoms with Crippen LogP contribution in [-0.2, 0) is 16.1 Å². The summed E-state index contributed by atoms with van der Waals surface area (Å²) in [6, 6.07) is 20.2. The number of nitrogens with one attached hydrogen (secondary N) is 3. The summed E-state index contributed by atoms with van der Waals surface area (Å²) in [5, 5.41) is 6.82. The van der Waals surface area contributed by atoms with Gasteiger partial charge in [0.2, 0.25) is 5.84 Å². The zero-order valence-electron chi connectivity index (χ0n) is 17.9. The third-order valence-corrected chi connectivity index (χ3v) is 4.89. The fraction of sp³-hybridized carbons (Fsp3) is 0.125. The third kappa shape index (κ3) is 5.21. The third-order valence-electron chi connectivity index (χ3n) is 4.89. The molecule has 1 aromatic heterocycles. The van der Waals surface area contributed by atoms with E-state index >= 15 is 0 Å². The highest BCUT2D eigenvalue weighted by atomic mass is 16.2. The molecule has 3 N–H and O–H groups in total. The maximum atomic E-state index is 12.8. The van der Waals surface area contributed by atoms with Crippen molar-refractivity contribution in [3.8, 4) is 0 Å². The molecule has 0 spiro atoms. The quantitative estimate of drug-likeness (QED) is 0.542. The summed E-state index contributed by atoms with van der Waals surface area (Å²) in [7, 11) is 0. The minimum Gasteiger partial charge on any atom is -0.346 e. The highest BCUT2D eigenvalue weighted by Crippen LogP contribution is 2.17. The summed E-state index contributed by atoms with van der Waals surface area (Å²) in [6.45, 7) is 1.91. The van der Waals surface area contributed by atoms with Crippen molar-refractivity contribution >= 4 is 34.9 Å². The molecule has 2 aromatic carbocycles. The second-order valence-electron chi connectivity index (χ2n) is 7.31. The Labute approximate surface area is 190 Å². The van der Waals surface area contributed by atoms with E-state index in [1.807, 2.05) is 18.2 Å². The van der Waals surface area contributed by atoms with E-state index in [2.05, 4.69) is 26.0 Å². The minimum absolute atomic E-state index is 0.00374. The molecule has 1 aliphatic heterocycles. The van der Waals surface area contributed by atoms with Gasteiger partial charge in [-0.25, -0.2) is 10.0 Å². The van der Waals surface area contributed by atoms with Crippen molar-refractivity contribution in [1.29, 1.82) is 0 Å². The summed E-state index contributed by atoms with van der Waals surface area (Å²) >= 11 is 0. The van der Waals surface area contributed by atoms with Gasteiger partial charge < -0.3 is 10.6 Å². The van der Waals surface area contributed by atoms with Gasteiger partial charge in [-0.2, -0.15) is 0 Å². The molecular weight excluding hydrogens is 420 g/mol. The molecule has 1 atom stereocenters. The van der Waals surface area contributed by atoms with E-state index in [0.29, 0.717) is 16.9 Å². The van der Waals surface area contributed by atoms with Crippen LogP contribution in [0.5, 0.6) is 0 Å². The molecule has 9 heteroatoms. The van der Waals surface area contributed by atoms with Crippen LogP contribution in [0.25, 0.3) is 0 Å². The first-order valence-corrected chi connectivity index (χ1v) is 10.3. The van der Waals surface area contributed by atoms with Crippen LogP contribution in [0.2, 0.25) is 0 Å². The number of para-hydroxylation sites is 1. The monoisotopic (exact) mass is 442 g/mol. The van der Waals surface area contributed by atoms with E-state index in [9.17, 15) is 14.4 Å². The molecule has 1 aliphatic rings. The first-order chi connectivity index (χ1) is 16.0. The number of carbonyl (C=O) groups excluding carboxylic acids is 3. The number of hydrogen-bond acceptors (Lipinski definition) is 6. The van der Waals surface area contributed by atoms with Crippen molar-refractivity contribution in [3.63, 3.8) is 0 Å². The van der Waals surface area contributed by atoms with Crippen LogP contribution in [0.4, 0.5) is 11.4 Å². The number of amidine groups is 1. The van der Waals surface area contributed by atoms with E-state index in [-0.39, 0.29) is 24.2 Å². The molecule has 3 aromatic rings. The van der Waals surface area contributed by atoms with Crippen molar-refractivity contribution in [2.75, 3.05) is 10.3 Å². The van der Waals surface area contributed by atoms with Crippen LogP contribution in [-0.4, -0.2) is 34.6 Å². The zero-order valence-corrected chi connectivity index (χ0v) is 17.9. The summed E-state index contributed by atoms with van der Waals surface area (Å²) in [5.74, 6) is -1.10. The molecule has 0 radical (unpaired) electrons. The van der Waals surface area contributed by atoms with Gasteiger partial charge in [-0.15, -0.1) is 0 Å². The summed E-state index contributed by atoms with van der Waals surface area (Å²) < 4.78 is 0. The molecule has 0 bridgehead atoms. The summed E-state index contributed by atoms with van der Waals surface area (Å²) in [5.41, 5.74) is 4.93. The van der Waals surface area contributed by atoms with E-state index < -0.39 is 11.9 Å². The maximum absolute atomic E-state index is 12.8. The molecule has 0 fully saturated rings. The normalized spacial score (nSPS) is 15.3. The number of amides is 3.